The van der Waals surface area contributed by atoms with Crippen molar-refractivity contribution in [2.75, 3.05) is 0 Å². The Morgan fingerprint density at radius 3 is 0.600 bits per heavy atom. The lowest BCUT2D eigenvalue weighted by atomic mass is 10.3. The van der Waals surface area contributed by atoms with Crippen molar-refractivity contribution in [3.05, 3.63) is 94.4 Å². The van der Waals surface area contributed by atoms with E-state index in [0.29, 0.717) is 36.5 Å². The highest BCUT2D eigenvalue weighted by molar-refractivity contribution is 5.68. The second-order valence-corrected chi connectivity index (χ2v) is 14.1. The lowest BCUT2D eigenvalue weighted by Crippen LogP contribution is -2.55. The van der Waals surface area contributed by atoms with Gasteiger partial charge in [0.25, 0.3) is 0 Å². The molecule has 0 aromatic carbocycles. The first-order valence-corrected chi connectivity index (χ1v) is 20.2. The Morgan fingerprint density at radius 2 is 0.414 bits per heavy atom. The molecule has 34 nitrogen and oxygen atoms in total. The highest BCUT2D eigenvalue weighted by Crippen LogP contribution is 1.96. The van der Waals surface area contributed by atoms with E-state index >= 15 is 0 Å². The molecule has 3 aromatic rings. The van der Waals surface area contributed by atoms with Crippen LogP contribution in [0.25, 0.3) is 0 Å². The van der Waals surface area contributed by atoms with Crippen LogP contribution in [0, 0.1) is 0 Å². The molecule has 0 unspecified atom stereocenters. The first kappa shape index (κ1) is 59.0. The number of carboxylic acid groups (broad SMARTS) is 8. The van der Waals surface area contributed by atoms with Gasteiger partial charge in [0, 0.05) is 71.6 Å². The number of carboxylic acids is 8. The van der Waals surface area contributed by atoms with E-state index in [-0.39, 0.29) is 58.2 Å². The molecule has 9 N–H and O–H groups in total. The van der Waals surface area contributed by atoms with Crippen molar-refractivity contribution in [2.24, 2.45) is 0 Å². The molecule has 386 valence electrons. The fourth-order valence-corrected chi connectivity index (χ4v) is 5.66. The molecule has 0 fully saturated rings. The van der Waals surface area contributed by atoms with Crippen LogP contribution in [0.5, 0.6) is 0 Å². The molecular formula is C36H47N9O25. The Bertz CT molecular complexity index is 2670. The first-order valence-electron chi connectivity index (χ1n) is 20.2. The number of nitrogens with zero attached hydrogens (tertiary/aromatic N) is 8. The summed E-state index contributed by atoms with van der Waals surface area (Å²) in [5, 5.41) is 69.0. The van der Waals surface area contributed by atoms with Crippen LogP contribution >= 0.6 is 0 Å². The zero-order chi connectivity index (χ0) is 53.6. The van der Waals surface area contributed by atoms with Gasteiger partial charge in [0.05, 0.1) is 32.1 Å². The smallest absolute Gasteiger partial charge is 0.336 e. The number of aromatic amines is 1. The Balaban J connectivity index is 0.000000533. The highest BCUT2D eigenvalue weighted by atomic mass is 16.4. The zero-order valence-corrected chi connectivity index (χ0v) is 36.5. The summed E-state index contributed by atoms with van der Waals surface area (Å²) in [6.45, 7) is -3.12. The average Bonchev–Trinajstić information content (AvgIpc) is 3.23. The molecule has 0 bridgehead atoms. The maximum absolute atomic E-state index is 12.4. The number of aliphatic carboxylic acids is 8. The van der Waals surface area contributed by atoms with Crippen molar-refractivity contribution in [2.45, 2.75) is 123 Å². The summed E-state index contributed by atoms with van der Waals surface area (Å²) < 4.78 is 4.63. The molecule has 3 heterocycles. The Labute approximate surface area is 385 Å². The van der Waals surface area contributed by atoms with E-state index in [1.54, 1.807) is 0 Å². The van der Waals surface area contributed by atoms with Crippen molar-refractivity contribution in [3.63, 3.8) is 0 Å². The summed E-state index contributed by atoms with van der Waals surface area (Å²) >= 11 is 0. The summed E-state index contributed by atoms with van der Waals surface area (Å²) in [6.07, 6.45) is -3.61. The van der Waals surface area contributed by atoms with E-state index in [2.05, 4.69) is 0 Å². The molecule has 3 aromatic heterocycles. The zero-order valence-electron chi connectivity index (χ0n) is 36.5. The minimum absolute atomic E-state index is 0.0209. The predicted molar refractivity (Wildman–Crippen MR) is 226 cm³/mol. The molecule has 0 aliphatic rings. The fourth-order valence-electron chi connectivity index (χ4n) is 5.66. The standard InChI is InChI=1S/C15H21N3O9.C12H15N3O9.C9H11N3O7/c19-10(20)4-1-7-16-13(25)17(8-2-5-11(21)22)15(27)18(14(16)26)9-3-6-12(23)24;16-7(17)1-4-13-10(22)14(5-2-8(18)19)12(24)15(11(13)23)6-3-9(20)21;13-5(14)1-3-11-7(17)10-8(18)12(9(11)19)4-2-6(15)16/h1-9H2,(H,19,20)(H,21,22)(H,23,24);1-6H2,(H,16,17)(H,18,19)(H,20,21);1-4H2,(H,13,14)(H,15,16)(H,10,17,18). The molecule has 0 saturated heterocycles. The maximum atomic E-state index is 12.4. The molecule has 0 aliphatic carbocycles. The van der Waals surface area contributed by atoms with Gasteiger partial charge in [0.15, 0.2) is 0 Å². The van der Waals surface area contributed by atoms with E-state index in [9.17, 15) is 81.5 Å². The van der Waals surface area contributed by atoms with Gasteiger partial charge >= 0.3 is 99.0 Å². The highest BCUT2D eigenvalue weighted by Gasteiger charge is 2.19. The van der Waals surface area contributed by atoms with Gasteiger partial charge in [-0.25, -0.2) is 79.7 Å². The monoisotopic (exact) mass is 1010 g/mol. The SMILES string of the molecule is O=C(O)CCCn1c(=O)n(CCCC(=O)O)c(=O)n(CCCC(=O)O)c1=O.O=C(O)CCn1c(=O)[nH]c(=O)n(CCC(=O)O)c1=O.O=C(O)CCn1c(=O)n(CCC(=O)O)c(=O)n(CCC(=O)O)c1=O. The third-order valence-electron chi connectivity index (χ3n) is 9.00. The van der Waals surface area contributed by atoms with Crippen molar-refractivity contribution < 1.29 is 79.2 Å². The second kappa shape index (κ2) is 28.2. The van der Waals surface area contributed by atoms with Gasteiger partial charge in [-0.05, 0) is 19.3 Å². The molecule has 0 saturated carbocycles. The van der Waals surface area contributed by atoms with E-state index in [1.807, 2.05) is 4.98 Å². The number of aromatic nitrogens is 9. The average molecular weight is 1010 g/mol. The van der Waals surface area contributed by atoms with Gasteiger partial charge in [-0.1, -0.05) is 0 Å². The van der Waals surface area contributed by atoms with Crippen LogP contribution < -0.4 is 51.2 Å². The van der Waals surface area contributed by atoms with Gasteiger partial charge in [0.2, 0.25) is 0 Å². The van der Waals surface area contributed by atoms with E-state index in [0.717, 1.165) is 0 Å². The van der Waals surface area contributed by atoms with Crippen molar-refractivity contribution >= 4 is 47.8 Å². The lowest BCUT2D eigenvalue weighted by molar-refractivity contribution is -0.138. The largest absolute Gasteiger partial charge is 0.481 e. The van der Waals surface area contributed by atoms with E-state index < -0.39 is 164 Å². The molecule has 70 heavy (non-hydrogen) atoms. The van der Waals surface area contributed by atoms with Gasteiger partial charge in [-0.2, -0.15) is 0 Å². The van der Waals surface area contributed by atoms with E-state index in [4.69, 9.17) is 40.9 Å². The third kappa shape index (κ3) is 19.1. The number of nitrogens with one attached hydrogen (secondary N) is 1. The topological polar surface area (TPSA) is 507 Å². The second-order valence-electron chi connectivity index (χ2n) is 14.1. The van der Waals surface area contributed by atoms with E-state index in [1.165, 1.54) is 0 Å². The van der Waals surface area contributed by atoms with Gasteiger partial charge < -0.3 is 40.9 Å². The van der Waals surface area contributed by atoms with Crippen LogP contribution in [0.1, 0.15) is 70.6 Å². The minimum atomic E-state index is -1.29. The maximum Gasteiger partial charge on any atom is 0.336 e. The molecule has 0 spiro atoms. The van der Waals surface area contributed by atoms with Gasteiger partial charge in [0.1, 0.15) is 0 Å². The quantitative estimate of drug-likeness (QED) is 0.0343. The Morgan fingerprint density at radius 1 is 0.257 bits per heavy atom. The third-order valence-corrected chi connectivity index (χ3v) is 9.00. The van der Waals surface area contributed by atoms with Gasteiger partial charge in [-0.15, -0.1) is 0 Å². The normalized spacial score (nSPS) is 10.5. The molecule has 34 heteroatoms. The number of H-pyrrole nitrogens is 1. The number of hydrogen-bond donors (Lipinski definition) is 9. The molecule has 3 rings (SSSR count). The van der Waals surface area contributed by atoms with Crippen LogP contribution in [-0.4, -0.2) is 130 Å². The lowest BCUT2D eigenvalue weighted by Gasteiger charge is -2.13. The number of carbonyl (C=O) groups is 8. The summed E-state index contributed by atoms with van der Waals surface area (Å²) in [5.74, 6) is -9.63. The van der Waals surface area contributed by atoms with Crippen LogP contribution in [-0.2, 0) is 90.7 Å². The van der Waals surface area contributed by atoms with Crippen LogP contribution in [0.4, 0.5) is 0 Å². The Kier molecular flexibility index (Phi) is 23.8. The van der Waals surface area contributed by atoms with Crippen LogP contribution in [0.3, 0.4) is 0 Å². The number of rotatable bonds is 27. The predicted octanol–water partition coefficient (Wildman–Crippen LogP) is -5.99. The van der Waals surface area contributed by atoms with Crippen molar-refractivity contribution in [3.8, 4) is 0 Å². The fraction of sp³-hybridized carbons (Fsp3) is 0.528. The molecule has 0 aliphatic heterocycles. The van der Waals surface area contributed by atoms with Crippen molar-refractivity contribution in [1.29, 1.82) is 0 Å². The summed E-state index contributed by atoms with van der Waals surface area (Å²) in [7, 11) is 0. The molecule has 0 amide bonds. The molecule has 0 atom stereocenters. The Hall–Kier alpha value is -9.01. The number of hydrogen-bond acceptors (Lipinski definition) is 17. The molecular weight excluding hydrogens is 958 g/mol. The van der Waals surface area contributed by atoms with Gasteiger partial charge in [-0.3, -0.25) is 43.3 Å². The minimum Gasteiger partial charge on any atom is -0.481 e. The molecule has 0 radical (unpaired) electrons. The first-order chi connectivity index (χ1) is 32.6. The summed E-state index contributed by atoms with van der Waals surface area (Å²) in [5.41, 5.74) is -9.35. The van der Waals surface area contributed by atoms with Crippen LogP contribution in [0.15, 0.2) is 43.2 Å². The van der Waals surface area contributed by atoms with Crippen molar-refractivity contribution in [1.82, 2.24) is 41.5 Å². The summed E-state index contributed by atoms with van der Waals surface area (Å²) in [6, 6.07) is 0. The summed E-state index contributed by atoms with van der Waals surface area (Å²) in [4.78, 5) is 194. The van der Waals surface area contributed by atoms with Crippen LogP contribution in [0.2, 0.25) is 0 Å².